The van der Waals surface area contributed by atoms with E-state index in [2.05, 4.69) is 87.6 Å². The fourth-order valence-electron chi connectivity index (χ4n) is 3.90. The number of thiocarbonyl (C=S) groups is 1. The van der Waals surface area contributed by atoms with E-state index < -0.39 is 8.22 Å². The third-order valence-corrected chi connectivity index (χ3v) is 8.54. The smallest absolute Gasteiger partial charge is 0.170 e. The van der Waals surface area contributed by atoms with Crippen molar-refractivity contribution >= 4 is 42.6 Å². The zero-order valence-corrected chi connectivity index (χ0v) is 19.5. The normalized spacial score (nSPS) is 15.0. The van der Waals surface area contributed by atoms with Crippen LogP contribution in [0.3, 0.4) is 0 Å². The van der Waals surface area contributed by atoms with Crippen LogP contribution in [0.1, 0.15) is 13.3 Å². The fourth-order valence-corrected chi connectivity index (χ4v) is 7.02. The first-order chi connectivity index (χ1) is 15.2. The monoisotopic (exact) mass is 448 g/mol. The SMILES string of the molecule is C[C@@H](CCNC(=S)Nc1ccccc1)P1N(c2ccccc2)CCN1c1ccccc1. The van der Waals surface area contributed by atoms with Crippen molar-refractivity contribution in [2.45, 2.75) is 19.0 Å². The lowest BCUT2D eigenvalue weighted by atomic mass is 10.3. The molecule has 0 radical (unpaired) electrons. The van der Waals surface area contributed by atoms with Crippen LogP contribution < -0.4 is 20.0 Å². The van der Waals surface area contributed by atoms with Crippen LogP contribution in [0.2, 0.25) is 0 Å². The summed E-state index contributed by atoms with van der Waals surface area (Å²) in [5.74, 6) is 0. The minimum absolute atomic E-state index is 0.502. The lowest BCUT2D eigenvalue weighted by Gasteiger charge is -2.36. The lowest BCUT2D eigenvalue weighted by Crippen LogP contribution is -2.31. The number of benzene rings is 3. The van der Waals surface area contributed by atoms with Crippen molar-refractivity contribution in [3.8, 4) is 0 Å². The standard InChI is InChI=1S/C25H29N4PS/c1-21(17-18-26-25(31)27-22-11-5-2-6-12-22)30-28(23-13-7-3-8-14-23)19-20-29(30)24-15-9-4-10-16-24/h2-16,21H,17-20H2,1H3,(H2,26,27,31)/t21-/m0/s1. The average molecular weight is 449 g/mol. The molecule has 0 bridgehead atoms. The molecule has 4 rings (SSSR count). The molecule has 0 aromatic heterocycles. The van der Waals surface area contributed by atoms with Crippen molar-refractivity contribution < 1.29 is 0 Å². The molecule has 3 aromatic rings. The lowest BCUT2D eigenvalue weighted by molar-refractivity contribution is 0.761. The summed E-state index contributed by atoms with van der Waals surface area (Å²) in [5.41, 5.74) is 4.16. The van der Waals surface area contributed by atoms with E-state index in [-0.39, 0.29) is 0 Å². The molecule has 3 aromatic carbocycles. The molecule has 2 N–H and O–H groups in total. The summed E-state index contributed by atoms with van der Waals surface area (Å²) in [6.45, 7) is 5.33. The molecule has 0 aliphatic carbocycles. The van der Waals surface area contributed by atoms with Crippen LogP contribution in [0.4, 0.5) is 17.1 Å². The topological polar surface area (TPSA) is 30.5 Å². The minimum Gasteiger partial charge on any atom is -0.362 e. The molecule has 160 valence electrons. The fraction of sp³-hybridized carbons (Fsp3) is 0.240. The third kappa shape index (κ3) is 5.55. The van der Waals surface area contributed by atoms with E-state index in [0.29, 0.717) is 10.8 Å². The highest BCUT2D eigenvalue weighted by Gasteiger charge is 2.36. The van der Waals surface area contributed by atoms with Crippen molar-refractivity contribution in [3.05, 3.63) is 91.0 Å². The van der Waals surface area contributed by atoms with Gasteiger partial charge in [0.1, 0.15) is 0 Å². The number of hydrogen-bond donors (Lipinski definition) is 2. The van der Waals surface area contributed by atoms with Gasteiger partial charge in [-0.25, -0.2) is 0 Å². The highest BCUT2D eigenvalue weighted by Crippen LogP contribution is 2.56. The van der Waals surface area contributed by atoms with Gasteiger partial charge in [-0.2, -0.15) is 0 Å². The molecule has 1 atom stereocenters. The molecule has 31 heavy (non-hydrogen) atoms. The number of para-hydroxylation sites is 3. The molecule has 0 spiro atoms. The maximum atomic E-state index is 5.48. The number of nitrogens with zero attached hydrogens (tertiary/aromatic N) is 2. The summed E-state index contributed by atoms with van der Waals surface area (Å²) in [6.07, 6.45) is 1.05. The molecule has 1 saturated heterocycles. The van der Waals surface area contributed by atoms with Gasteiger partial charge in [-0.1, -0.05) is 61.5 Å². The predicted molar refractivity (Wildman–Crippen MR) is 139 cm³/mol. The van der Waals surface area contributed by atoms with E-state index in [1.165, 1.54) is 11.4 Å². The van der Waals surface area contributed by atoms with Gasteiger partial charge in [0.25, 0.3) is 0 Å². The second kappa shape index (κ2) is 10.6. The van der Waals surface area contributed by atoms with E-state index in [4.69, 9.17) is 12.2 Å². The minimum atomic E-state index is -0.502. The molecule has 0 saturated carbocycles. The first kappa shape index (κ1) is 21.6. The summed E-state index contributed by atoms with van der Waals surface area (Å²) < 4.78 is 5.21. The van der Waals surface area contributed by atoms with Crippen molar-refractivity contribution in [1.82, 2.24) is 5.32 Å². The highest BCUT2D eigenvalue weighted by molar-refractivity contribution is 7.80. The van der Waals surface area contributed by atoms with Gasteiger partial charge in [-0.15, -0.1) is 0 Å². The largest absolute Gasteiger partial charge is 0.362 e. The van der Waals surface area contributed by atoms with Gasteiger partial charge in [0, 0.05) is 42.4 Å². The predicted octanol–water partition coefficient (Wildman–Crippen LogP) is 6.09. The Morgan fingerprint density at radius 2 is 1.32 bits per heavy atom. The molecule has 4 nitrogen and oxygen atoms in total. The molecule has 1 fully saturated rings. The maximum absolute atomic E-state index is 5.48. The van der Waals surface area contributed by atoms with Crippen LogP contribution in [0.25, 0.3) is 0 Å². The third-order valence-electron chi connectivity index (χ3n) is 5.40. The van der Waals surface area contributed by atoms with Crippen molar-refractivity contribution in [2.24, 2.45) is 0 Å². The van der Waals surface area contributed by atoms with Crippen molar-refractivity contribution in [2.75, 3.05) is 34.3 Å². The van der Waals surface area contributed by atoms with Gasteiger partial charge in [-0.05, 0) is 55.0 Å². The quantitative estimate of drug-likeness (QED) is 0.337. The number of rotatable bonds is 7. The highest BCUT2D eigenvalue weighted by atomic mass is 32.1. The van der Waals surface area contributed by atoms with E-state index >= 15 is 0 Å². The molecule has 1 aliphatic rings. The van der Waals surface area contributed by atoms with Gasteiger partial charge in [-0.3, -0.25) is 0 Å². The second-order valence-electron chi connectivity index (χ2n) is 7.62. The Labute approximate surface area is 192 Å². The van der Waals surface area contributed by atoms with Gasteiger partial charge in [0.05, 0.1) is 8.22 Å². The first-order valence-electron chi connectivity index (χ1n) is 10.8. The maximum Gasteiger partial charge on any atom is 0.170 e. The van der Waals surface area contributed by atoms with Crippen LogP contribution in [0.15, 0.2) is 91.0 Å². The van der Waals surface area contributed by atoms with Gasteiger partial charge < -0.3 is 20.0 Å². The molecule has 1 heterocycles. The molecular formula is C25H29N4PS. The van der Waals surface area contributed by atoms with Crippen LogP contribution in [0.5, 0.6) is 0 Å². The summed E-state index contributed by atoms with van der Waals surface area (Å²) in [6, 6.07) is 31.7. The Kier molecular flexibility index (Phi) is 7.39. The van der Waals surface area contributed by atoms with Gasteiger partial charge >= 0.3 is 0 Å². The Bertz CT molecular complexity index is 908. The summed E-state index contributed by atoms with van der Waals surface area (Å²) in [7, 11) is -0.502. The number of anilines is 3. The summed E-state index contributed by atoms with van der Waals surface area (Å²) in [4.78, 5) is 0. The zero-order chi connectivity index (χ0) is 21.5. The Morgan fingerprint density at radius 1 is 0.839 bits per heavy atom. The zero-order valence-electron chi connectivity index (χ0n) is 17.8. The molecular weight excluding hydrogens is 419 g/mol. The Morgan fingerprint density at radius 3 is 1.84 bits per heavy atom. The Balaban J connectivity index is 1.42. The number of nitrogens with one attached hydrogen (secondary N) is 2. The van der Waals surface area contributed by atoms with Crippen LogP contribution in [-0.2, 0) is 0 Å². The van der Waals surface area contributed by atoms with E-state index in [0.717, 1.165) is 31.7 Å². The summed E-state index contributed by atoms with van der Waals surface area (Å²) >= 11 is 5.48. The first-order valence-corrected chi connectivity index (χ1v) is 12.5. The van der Waals surface area contributed by atoms with Gasteiger partial charge in [0.2, 0.25) is 0 Å². The van der Waals surface area contributed by atoms with E-state index in [1.807, 2.05) is 30.3 Å². The molecule has 0 amide bonds. The van der Waals surface area contributed by atoms with Crippen LogP contribution in [-0.4, -0.2) is 30.4 Å². The Hall–Kier alpha value is -2.62. The molecule has 0 unspecified atom stereocenters. The van der Waals surface area contributed by atoms with Crippen molar-refractivity contribution in [1.29, 1.82) is 0 Å². The van der Waals surface area contributed by atoms with E-state index in [9.17, 15) is 0 Å². The van der Waals surface area contributed by atoms with Crippen LogP contribution in [0, 0.1) is 0 Å². The van der Waals surface area contributed by atoms with Gasteiger partial charge in [0.15, 0.2) is 5.11 Å². The molecule has 1 aliphatic heterocycles. The summed E-state index contributed by atoms with van der Waals surface area (Å²) in [5, 5.41) is 7.33. The number of hydrogen-bond acceptors (Lipinski definition) is 3. The van der Waals surface area contributed by atoms with Crippen LogP contribution >= 0.6 is 20.4 Å². The second-order valence-corrected chi connectivity index (χ2v) is 10.5. The van der Waals surface area contributed by atoms with Crippen molar-refractivity contribution in [3.63, 3.8) is 0 Å². The molecule has 6 heteroatoms. The van der Waals surface area contributed by atoms with E-state index in [1.54, 1.807) is 0 Å². The average Bonchev–Trinajstić information content (AvgIpc) is 3.26.